The van der Waals surface area contributed by atoms with Gasteiger partial charge in [0.25, 0.3) is 0 Å². The first-order chi connectivity index (χ1) is 5.45. The largest absolute Gasteiger partial charge is 0.0909 e. The molecule has 0 rings (SSSR count). The maximum Gasteiger partial charge on any atom is 0.0480 e. The van der Waals surface area contributed by atoms with E-state index in [1.807, 2.05) is 0 Å². The lowest BCUT2D eigenvalue weighted by atomic mass is 10.2. The fraction of sp³-hybridized carbons (Fsp3) is 0.636. The molecule has 0 spiro atoms. The van der Waals surface area contributed by atoms with Crippen LogP contribution in [0.4, 0.5) is 0 Å². The van der Waals surface area contributed by atoms with Gasteiger partial charge in [0.1, 0.15) is 0 Å². The molecule has 0 radical (unpaired) electrons. The molecule has 0 amide bonds. The predicted molar refractivity (Wildman–Crippen MR) is 61.3 cm³/mol. The van der Waals surface area contributed by atoms with Gasteiger partial charge in [-0.05, 0) is 26.3 Å². The molecule has 0 aliphatic heterocycles. The molecule has 70 valence electrons. The van der Waals surface area contributed by atoms with Crippen LogP contribution in [0.25, 0.3) is 0 Å². The first-order valence-corrected chi connectivity index (χ1v) is 8.43. The summed E-state index contributed by atoms with van der Waals surface area (Å²) in [7, 11) is -0.846. The lowest BCUT2D eigenvalue weighted by Crippen LogP contribution is -2.17. The van der Waals surface area contributed by atoms with E-state index in [0.717, 1.165) is 6.42 Å². The lowest BCUT2D eigenvalue weighted by molar-refractivity contribution is 1.19. The van der Waals surface area contributed by atoms with Crippen LogP contribution in [0.15, 0.2) is 23.8 Å². The number of hydrogen-bond donors (Lipinski definition) is 0. The van der Waals surface area contributed by atoms with Crippen LogP contribution in [0.2, 0.25) is 25.7 Å². The second-order valence-corrected chi connectivity index (χ2v) is 10.1. The van der Waals surface area contributed by atoms with Crippen molar-refractivity contribution in [2.75, 3.05) is 0 Å². The van der Waals surface area contributed by atoms with E-state index >= 15 is 0 Å². The standard InChI is InChI=1S/C11H22Si/c1-6-11(2)9-7-8-10-12(3,4)5/h6-8H,9-10H2,1-5H3/b8-7-,11-6+. The molecule has 0 saturated heterocycles. The predicted octanol–water partition coefficient (Wildman–Crippen LogP) is 4.24. The highest BCUT2D eigenvalue weighted by Gasteiger charge is 2.08. The van der Waals surface area contributed by atoms with Gasteiger partial charge in [0.2, 0.25) is 0 Å². The van der Waals surface area contributed by atoms with Crippen LogP contribution >= 0.6 is 0 Å². The Bertz CT molecular complexity index is 170. The summed E-state index contributed by atoms with van der Waals surface area (Å²) in [6, 6.07) is 1.31. The minimum atomic E-state index is -0.846. The average Bonchev–Trinajstić information content (AvgIpc) is 1.96. The maximum atomic E-state index is 2.40. The van der Waals surface area contributed by atoms with E-state index < -0.39 is 8.07 Å². The van der Waals surface area contributed by atoms with Gasteiger partial charge in [0.05, 0.1) is 0 Å². The van der Waals surface area contributed by atoms with Gasteiger partial charge in [-0.25, -0.2) is 0 Å². The molecule has 0 aromatic rings. The molecule has 0 aliphatic carbocycles. The molecule has 0 aliphatic rings. The van der Waals surface area contributed by atoms with Crippen molar-refractivity contribution in [3.05, 3.63) is 23.8 Å². The smallest absolute Gasteiger partial charge is 0.0480 e. The first kappa shape index (κ1) is 11.7. The monoisotopic (exact) mass is 182 g/mol. The van der Waals surface area contributed by atoms with Gasteiger partial charge >= 0.3 is 0 Å². The van der Waals surface area contributed by atoms with Crippen molar-refractivity contribution in [2.24, 2.45) is 0 Å². The van der Waals surface area contributed by atoms with Crippen LogP contribution in [0.5, 0.6) is 0 Å². The molecular formula is C11H22Si. The molecule has 12 heavy (non-hydrogen) atoms. The second-order valence-electron chi connectivity index (χ2n) is 4.58. The van der Waals surface area contributed by atoms with Crippen LogP contribution in [0.3, 0.4) is 0 Å². The Morgan fingerprint density at radius 3 is 2.17 bits per heavy atom. The van der Waals surface area contributed by atoms with Gasteiger partial charge in [-0.2, -0.15) is 0 Å². The molecule has 0 aromatic heterocycles. The second kappa shape index (κ2) is 5.36. The minimum Gasteiger partial charge on any atom is -0.0909 e. The van der Waals surface area contributed by atoms with Crippen molar-refractivity contribution in [2.45, 2.75) is 46.0 Å². The van der Waals surface area contributed by atoms with E-state index in [4.69, 9.17) is 0 Å². The van der Waals surface area contributed by atoms with Crippen LogP contribution in [-0.2, 0) is 0 Å². The summed E-state index contributed by atoms with van der Waals surface area (Å²) in [6.07, 6.45) is 7.95. The summed E-state index contributed by atoms with van der Waals surface area (Å²) >= 11 is 0. The van der Waals surface area contributed by atoms with E-state index in [1.165, 1.54) is 11.6 Å². The fourth-order valence-corrected chi connectivity index (χ4v) is 1.70. The van der Waals surface area contributed by atoms with Crippen molar-refractivity contribution in [3.63, 3.8) is 0 Å². The van der Waals surface area contributed by atoms with E-state index in [9.17, 15) is 0 Å². The van der Waals surface area contributed by atoms with Gasteiger partial charge in [-0.15, -0.1) is 0 Å². The maximum absolute atomic E-state index is 2.40. The number of allylic oxidation sites excluding steroid dienone is 4. The Balaban J connectivity index is 3.65. The Morgan fingerprint density at radius 1 is 1.17 bits per heavy atom. The van der Waals surface area contributed by atoms with Crippen LogP contribution in [0.1, 0.15) is 20.3 Å². The summed E-state index contributed by atoms with van der Waals surface area (Å²) in [5.74, 6) is 0. The third-order valence-electron chi connectivity index (χ3n) is 1.83. The van der Waals surface area contributed by atoms with E-state index in [1.54, 1.807) is 0 Å². The highest BCUT2D eigenvalue weighted by Crippen LogP contribution is 2.09. The zero-order valence-corrected chi connectivity index (χ0v) is 10.1. The van der Waals surface area contributed by atoms with E-state index in [-0.39, 0.29) is 0 Å². The average molecular weight is 182 g/mol. The summed E-state index contributed by atoms with van der Waals surface area (Å²) in [5, 5.41) is 0. The van der Waals surface area contributed by atoms with Crippen molar-refractivity contribution in [1.82, 2.24) is 0 Å². The van der Waals surface area contributed by atoms with Crippen LogP contribution in [0, 0.1) is 0 Å². The quantitative estimate of drug-likeness (QED) is 0.451. The molecule has 0 unspecified atom stereocenters. The third kappa shape index (κ3) is 7.80. The number of rotatable bonds is 4. The molecule has 0 nitrogen and oxygen atoms in total. The van der Waals surface area contributed by atoms with Crippen LogP contribution < -0.4 is 0 Å². The molecule has 0 aromatic carbocycles. The summed E-state index contributed by atoms with van der Waals surface area (Å²) in [6.45, 7) is 11.5. The zero-order chi connectivity index (χ0) is 9.61. The van der Waals surface area contributed by atoms with Gasteiger partial charge in [-0.3, -0.25) is 0 Å². The van der Waals surface area contributed by atoms with E-state index in [2.05, 4.69) is 51.7 Å². The normalized spacial score (nSPS) is 14.2. The molecular weight excluding hydrogens is 160 g/mol. The van der Waals surface area contributed by atoms with Gasteiger partial charge in [0.15, 0.2) is 0 Å². The van der Waals surface area contributed by atoms with E-state index in [0.29, 0.717) is 0 Å². The van der Waals surface area contributed by atoms with Gasteiger partial charge in [-0.1, -0.05) is 43.4 Å². The van der Waals surface area contributed by atoms with Crippen molar-refractivity contribution >= 4 is 8.07 Å². The molecule has 0 fully saturated rings. The zero-order valence-electron chi connectivity index (χ0n) is 9.15. The van der Waals surface area contributed by atoms with Crippen molar-refractivity contribution in [1.29, 1.82) is 0 Å². The number of hydrogen-bond acceptors (Lipinski definition) is 0. The SMILES string of the molecule is C/C=C(\C)C/C=C\C[Si](C)(C)C. The highest BCUT2D eigenvalue weighted by molar-refractivity contribution is 6.76. The Hall–Kier alpha value is -0.303. The molecule has 0 saturated carbocycles. The highest BCUT2D eigenvalue weighted by atomic mass is 28.3. The molecule has 0 heterocycles. The Kier molecular flexibility index (Phi) is 5.23. The molecule has 0 N–H and O–H groups in total. The minimum absolute atomic E-state index is 0.846. The van der Waals surface area contributed by atoms with Crippen molar-refractivity contribution < 1.29 is 0 Å². The first-order valence-electron chi connectivity index (χ1n) is 4.72. The van der Waals surface area contributed by atoms with Gasteiger partial charge < -0.3 is 0 Å². The summed E-state index contributed by atoms with van der Waals surface area (Å²) < 4.78 is 0. The summed E-state index contributed by atoms with van der Waals surface area (Å²) in [5.41, 5.74) is 1.46. The fourth-order valence-electron chi connectivity index (χ4n) is 0.824. The Morgan fingerprint density at radius 2 is 1.75 bits per heavy atom. The van der Waals surface area contributed by atoms with Gasteiger partial charge in [0, 0.05) is 8.07 Å². The summed E-state index contributed by atoms with van der Waals surface area (Å²) in [4.78, 5) is 0. The lowest BCUT2D eigenvalue weighted by Gasteiger charge is -2.11. The van der Waals surface area contributed by atoms with Crippen molar-refractivity contribution in [3.8, 4) is 0 Å². The van der Waals surface area contributed by atoms with Crippen LogP contribution in [-0.4, -0.2) is 8.07 Å². The topological polar surface area (TPSA) is 0 Å². The molecule has 1 heteroatoms. The molecule has 0 atom stereocenters. The Labute approximate surface area is 78.4 Å². The molecule has 0 bridgehead atoms. The third-order valence-corrected chi connectivity index (χ3v) is 3.29.